The third-order valence-electron chi connectivity index (χ3n) is 4.77. The van der Waals surface area contributed by atoms with Crippen LogP contribution in [0.3, 0.4) is 0 Å². The number of halogens is 1. The Balaban J connectivity index is 1.69. The Bertz CT molecular complexity index is 1060. The molecule has 0 bridgehead atoms. The molecular formula is C21H18FN3O2. The maximum atomic E-state index is 13.6. The summed E-state index contributed by atoms with van der Waals surface area (Å²) in [5, 5.41) is 3.32. The number of aromatic amines is 1. The van der Waals surface area contributed by atoms with Crippen molar-refractivity contribution in [1.29, 1.82) is 0 Å². The number of fused-ring (bicyclic) bond motifs is 1. The molecule has 27 heavy (non-hydrogen) atoms. The number of carbonyl (C=O) groups is 2. The van der Waals surface area contributed by atoms with Crippen LogP contribution in [0.4, 0.5) is 4.39 Å². The van der Waals surface area contributed by atoms with Crippen LogP contribution in [0.15, 0.2) is 60.4 Å². The van der Waals surface area contributed by atoms with E-state index in [1.54, 1.807) is 25.3 Å². The van der Waals surface area contributed by atoms with Gasteiger partial charge in [0.05, 0.1) is 0 Å². The van der Waals surface area contributed by atoms with Gasteiger partial charge < -0.3 is 15.2 Å². The van der Waals surface area contributed by atoms with Crippen LogP contribution >= 0.6 is 0 Å². The number of rotatable bonds is 3. The predicted octanol–water partition coefficient (Wildman–Crippen LogP) is 3.20. The molecule has 2 heterocycles. The number of benzene rings is 2. The molecule has 3 aromatic rings. The summed E-state index contributed by atoms with van der Waals surface area (Å²) in [4.78, 5) is 29.9. The largest absolute Gasteiger partial charge is 0.361 e. The van der Waals surface area contributed by atoms with Crippen molar-refractivity contribution in [2.24, 2.45) is 0 Å². The first-order valence-electron chi connectivity index (χ1n) is 8.67. The highest BCUT2D eigenvalue weighted by molar-refractivity contribution is 6.08. The van der Waals surface area contributed by atoms with Gasteiger partial charge in [0.15, 0.2) is 0 Å². The van der Waals surface area contributed by atoms with Crippen LogP contribution in [0.5, 0.6) is 0 Å². The second kappa shape index (κ2) is 6.72. The van der Waals surface area contributed by atoms with Gasteiger partial charge in [-0.15, -0.1) is 0 Å². The second-order valence-electron chi connectivity index (χ2n) is 6.58. The summed E-state index contributed by atoms with van der Waals surface area (Å²) in [5.74, 6) is -0.875. The van der Waals surface area contributed by atoms with Crippen molar-refractivity contribution in [2.75, 3.05) is 0 Å². The van der Waals surface area contributed by atoms with Gasteiger partial charge in [0.2, 0.25) is 5.91 Å². The lowest BCUT2D eigenvalue weighted by Gasteiger charge is -2.34. The van der Waals surface area contributed by atoms with E-state index in [1.165, 1.54) is 17.0 Å². The number of hydrogen-bond acceptors (Lipinski definition) is 2. The van der Waals surface area contributed by atoms with Gasteiger partial charge in [-0.2, -0.15) is 0 Å². The molecule has 1 saturated heterocycles. The zero-order chi connectivity index (χ0) is 19.0. The molecule has 1 aliphatic rings. The Morgan fingerprint density at radius 3 is 2.70 bits per heavy atom. The molecule has 1 aliphatic heterocycles. The van der Waals surface area contributed by atoms with E-state index >= 15 is 0 Å². The summed E-state index contributed by atoms with van der Waals surface area (Å²) < 4.78 is 13.6. The lowest BCUT2D eigenvalue weighted by Crippen LogP contribution is -2.55. The van der Waals surface area contributed by atoms with E-state index in [9.17, 15) is 14.0 Å². The van der Waals surface area contributed by atoms with Gasteiger partial charge in [0.25, 0.3) is 5.91 Å². The minimum atomic E-state index is -0.574. The Hall–Kier alpha value is -3.41. The van der Waals surface area contributed by atoms with Crippen molar-refractivity contribution in [2.45, 2.75) is 19.5 Å². The quantitative estimate of drug-likeness (QED) is 0.702. The molecule has 0 saturated carbocycles. The fraction of sp³-hybridized carbons (Fsp3) is 0.143. The third kappa shape index (κ3) is 3.21. The molecule has 0 spiro atoms. The highest BCUT2D eigenvalue weighted by Gasteiger charge is 2.34. The Labute approximate surface area is 155 Å². The SMILES string of the molecule is C[C@@H]1C(=O)N/C(=C\c2c[nH]c3ccc(F)cc23)C(=O)N1Cc1ccccc1. The Kier molecular flexibility index (Phi) is 4.24. The summed E-state index contributed by atoms with van der Waals surface area (Å²) in [6.45, 7) is 2.04. The number of H-pyrrole nitrogens is 1. The summed E-state index contributed by atoms with van der Waals surface area (Å²) in [7, 11) is 0. The maximum absolute atomic E-state index is 13.6. The average molecular weight is 363 g/mol. The van der Waals surface area contributed by atoms with Crippen LogP contribution in [0.2, 0.25) is 0 Å². The molecule has 6 heteroatoms. The molecule has 2 aromatic carbocycles. The number of hydrogen-bond donors (Lipinski definition) is 2. The highest BCUT2D eigenvalue weighted by atomic mass is 19.1. The molecule has 0 radical (unpaired) electrons. The number of nitrogens with zero attached hydrogens (tertiary/aromatic N) is 1. The first-order valence-corrected chi connectivity index (χ1v) is 8.67. The van der Waals surface area contributed by atoms with E-state index in [-0.39, 0.29) is 23.3 Å². The average Bonchev–Trinajstić information content (AvgIpc) is 3.06. The summed E-state index contributed by atoms with van der Waals surface area (Å²) in [6.07, 6.45) is 3.28. The highest BCUT2D eigenvalue weighted by Crippen LogP contribution is 2.24. The number of carbonyl (C=O) groups excluding carboxylic acids is 2. The molecule has 1 fully saturated rings. The molecule has 4 rings (SSSR count). The predicted molar refractivity (Wildman–Crippen MR) is 101 cm³/mol. The van der Waals surface area contributed by atoms with Gasteiger partial charge in [0.1, 0.15) is 17.6 Å². The van der Waals surface area contributed by atoms with Crippen molar-refractivity contribution >= 4 is 28.8 Å². The molecule has 5 nitrogen and oxygen atoms in total. The van der Waals surface area contributed by atoms with Crippen LogP contribution in [0, 0.1) is 5.82 Å². The molecule has 0 unspecified atom stereocenters. The Morgan fingerprint density at radius 1 is 1.15 bits per heavy atom. The van der Waals surface area contributed by atoms with Crippen LogP contribution in [-0.2, 0) is 16.1 Å². The summed E-state index contributed by atoms with van der Waals surface area (Å²) in [5.41, 5.74) is 2.52. The molecule has 2 N–H and O–H groups in total. The third-order valence-corrected chi connectivity index (χ3v) is 4.77. The molecule has 1 aromatic heterocycles. The van der Waals surface area contributed by atoms with Gasteiger partial charge in [-0.3, -0.25) is 9.59 Å². The van der Waals surface area contributed by atoms with Gasteiger partial charge in [-0.1, -0.05) is 30.3 Å². The van der Waals surface area contributed by atoms with E-state index in [4.69, 9.17) is 0 Å². The number of piperazine rings is 1. The van der Waals surface area contributed by atoms with Crippen molar-refractivity contribution < 1.29 is 14.0 Å². The van der Waals surface area contributed by atoms with Crippen LogP contribution in [-0.4, -0.2) is 27.7 Å². The number of aromatic nitrogens is 1. The maximum Gasteiger partial charge on any atom is 0.271 e. The molecule has 0 aliphatic carbocycles. The molecule has 1 atom stereocenters. The Morgan fingerprint density at radius 2 is 1.93 bits per heavy atom. The molecular weight excluding hydrogens is 345 g/mol. The second-order valence-corrected chi connectivity index (χ2v) is 6.58. The molecule has 136 valence electrons. The van der Waals surface area contributed by atoms with E-state index in [2.05, 4.69) is 10.3 Å². The van der Waals surface area contributed by atoms with E-state index in [1.807, 2.05) is 30.3 Å². The topological polar surface area (TPSA) is 65.2 Å². The first-order chi connectivity index (χ1) is 13.0. The normalized spacial score (nSPS) is 19.0. The summed E-state index contributed by atoms with van der Waals surface area (Å²) >= 11 is 0. The number of nitrogens with one attached hydrogen (secondary N) is 2. The van der Waals surface area contributed by atoms with Gasteiger partial charge in [-0.25, -0.2) is 4.39 Å². The zero-order valence-corrected chi connectivity index (χ0v) is 14.7. The van der Waals surface area contributed by atoms with Gasteiger partial charge in [0, 0.05) is 29.2 Å². The van der Waals surface area contributed by atoms with Crippen molar-refractivity contribution in [1.82, 2.24) is 15.2 Å². The summed E-state index contributed by atoms with van der Waals surface area (Å²) in [6, 6.07) is 13.4. The lowest BCUT2D eigenvalue weighted by molar-refractivity contribution is -0.142. The standard InChI is InChI=1S/C21H18FN3O2/c1-13-20(26)24-19(21(27)25(13)12-14-5-3-2-4-6-14)9-15-11-23-18-8-7-16(22)10-17(15)18/h2-11,13,23H,12H2,1H3,(H,24,26)/b19-9-/t13-/m1/s1. The monoisotopic (exact) mass is 363 g/mol. The minimum Gasteiger partial charge on any atom is -0.361 e. The molecule has 2 amide bonds. The first kappa shape index (κ1) is 17.0. The zero-order valence-electron chi connectivity index (χ0n) is 14.7. The van der Waals surface area contributed by atoms with E-state index in [0.29, 0.717) is 17.5 Å². The van der Waals surface area contributed by atoms with E-state index in [0.717, 1.165) is 11.1 Å². The minimum absolute atomic E-state index is 0.180. The van der Waals surface area contributed by atoms with Crippen molar-refractivity contribution in [3.05, 3.63) is 77.4 Å². The number of amides is 2. The lowest BCUT2D eigenvalue weighted by atomic mass is 10.1. The van der Waals surface area contributed by atoms with Gasteiger partial charge in [-0.05, 0) is 36.8 Å². The fourth-order valence-corrected chi connectivity index (χ4v) is 3.24. The van der Waals surface area contributed by atoms with Crippen LogP contribution < -0.4 is 5.32 Å². The van der Waals surface area contributed by atoms with Gasteiger partial charge >= 0.3 is 0 Å². The fourth-order valence-electron chi connectivity index (χ4n) is 3.24. The smallest absolute Gasteiger partial charge is 0.271 e. The van der Waals surface area contributed by atoms with Crippen molar-refractivity contribution in [3.63, 3.8) is 0 Å². The van der Waals surface area contributed by atoms with Crippen LogP contribution in [0.1, 0.15) is 18.1 Å². The van der Waals surface area contributed by atoms with E-state index < -0.39 is 6.04 Å². The van der Waals surface area contributed by atoms with Crippen LogP contribution in [0.25, 0.3) is 17.0 Å². The van der Waals surface area contributed by atoms with Crippen molar-refractivity contribution in [3.8, 4) is 0 Å².